The summed E-state index contributed by atoms with van der Waals surface area (Å²) in [5.74, 6) is 0. The number of anilines is 5. The number of hydrogen-bond donors (Lipinski definition) is 0. The fourth-order valence-electron chi connectivity index (χ4n) is 16.2. The smallest absolute Gasteiger partial charge is 0.0541 e. The second-order valence-corrected chi connectivity index (χ2v) is 25.6. The lowest BCUT2D eigenvalue weighted by atomic mass is 9.97. The first kappa shape index (κ1) is 54.7. The number of fused-ring (bicyclic) bond motifs is 15. The third-order valence-corrected chi connectivity index (χ3v) is 20.4. The number of rotatable bonds is 11. The molecular formula is C90H61N7. The Morgan fingerprint density at radius 2 is 0.454 bits per heavy atom. The summed E-state index contributed by atoms with van der Waals surface area (Å²) in [7, 11) is 0. The molecule has 5 aromatic heterocycles. The molecule has 7 heteroatoms. The predicted molar refractivity (Wildman–Crippen MR) is 407 cm³/mol. The highest BCUT2D eigenvalue weighted by Crippen LogP contribution is 2.46. The van der Waals surface area contributed by atoms with Crippen molar-refractivity contribution in [1.29, 1.82) is 0 Å². The van der Waals surface area contributed by atoms with E-state index < -0.39 is 0 Å². The lowest BCUT2D eigenvalue weighted by Gasteiger charge is -2.31. The topological polar surface area (TPSA) is 31.1 Å². The summed E-state index contributed by atoms with van der Waals surface area (Å²) in [5.41, 5.74) is 25.4. The van der Waals surface area contributed by atoms with Gasteiger partial charge in [0.05, 0.1) is 49.7 Å². The zero-order chi connectivity index (χ0) is 63.7. The lowest BCUT2D eigenvalue weighted by Crippen LogP contribution is -2.20. The molecule has 0 spiro atoms. The molecule has 0 saturated heterocycles. The SMILES string of the molecule is C1=C(N(c2ccc(-n3c4ccccc4c4ccccc43)cc2)c2ccc(-n3c4ccccc4c4ccccc43)cc2)CCc2c1c1cc(N(c3ccc(-n4c5ccccc5c5ccccc54)cc3)c3ccc(-n4c5ccccc5c5ccccc54)cc3)ccc1n2-c1ccccc1. The van der Waals surface area contributed by atoms with Crippen molar-refractivity contribution in [2.24, 2.45) is 0 Å². The molecule has 7 nitrogen and oxygen atoms in total. The van der Waals surface area contributed by atoms with Crippen molar-refractivity contribution in [2.75, 3.05) is 9.80 Å². The lowest BCUT2D eigenvalue weighted by molar-refractivity contribution is 0.838. The molecule has 456 valence electrons. The molecule has 0 N–H and O–H groups in total. The highest BCUT2D eigenvalue weighted by molar-refractivity contribution is 6.12. The third kappa shape index (κ3) is 8.55. The summed E-state index contributed by atoms with van der Waals surface area (Å²) in [5, 5.41) is 11.2. The first-order chi connectivity index (χ1) is 48.1. The van der Waals surface area contributed by atoms with Gasteiger partial charge >= 0.3 is 0 Å². The number of nitrogens with zero attached hydrogens (tertiary/aromatic N) is 7. The van der Waals surface area contributed by atoms with E-state index in [1.807, 2.05) is 0 Å². The second kappa shape index (κ2) is 21.9. The molecule has 97 heavy (non-hydrogen) atoms. The van der Waals surface area contributed by atoms with E-state index in [0.717, 1.165) is 69.7 Å². The molecule has 0 saturated carbocycles. The fourth-order valence-corrected chi connectivity index (χ4v) is 16.2. The Balaban J connectivity index is 0.763. The van der Waals surface area contributed by atoms with Crippen LogP contribution in [0.15, 0.2) is 345 Å². The van der Waals surface area contributed by atoms with Crippen molar-refractivity contribution in [1.82, 2.24) is 22.8 Å². The van der Waals surface area contributed by atoms with Gasteiger partial charge in [0.15, 0.2) is 0 Å². The Morgan fingerprint density at radius 3 is 0.773 bits per heavy atom. The van der Waals surface area contributed by atoms with Crippen LogP contribution in [0.4, 0.5) is 28.4 Å². The molecular weight excluding hydrogens is 1180 g/mol. The van der Waals surface area contributed by atoms with Gasteiger partial charge in [-0.15, -0.1) is 0 Å². The Kier molecular flexibility index (Phi) is 12.3. The average molecular weight is 1240 g/mol. The number of allylic oxidation sites excluding steroid dienone is 1. The summed E-state index contributed by atoms with van der Waals surface area (Å²) < 4.78 is 12.1. The van der Waals surface area contributed by atoms with Gasteiger partial charge in [0.1, 0.15) is 0 Å². The van der Waals surface area contributed by atoms with Crippen molar-refractivity contribution >= 4 is 133 Å². The fraction of sp³-hybridized carbons (Fsp3) is 0.0222. The van der Waals surface area contributed by atoms with Crippen LogP contribution in [0.5, 0.6) is 0 Å². The van der Waals surface area contributed by atoms with Gasteiger partial charge in [0.25, 0.3) is 0 Å². The van der Waals surface area contributed by atoms with Gasteiger partial charge in [0.2, 0.25) is 0 Å². The van der Waals surface area contributed by atoms with Gasteiger partial charge < -0.3 is 32.6 Å². The maximum absolute atomic E-state index is 2.51. The van der Waals surface area contributed by atoms with Crippen LogP contribution in [0.2, 0.25) is 0 Å². The Morgan fingerprint density at radius 1 is 0.196 bits per heavy atom. The normalized spacial score (nSPS) is 12.5. The summed E-state index contributed by atoms with van der Waals surface area (Å²) in [6.45, 7) is 0. The second-order valence-electron chi connectivity index (χ2n) is 25.6. The van der Waals surface area contributed by atoms with Gasteiger partial charge in [-0.1, -0.05) is 164 Å². The molecule has 19 aromatic rings. The summed E-state index contributed by atoms with van der Waals surface area (Å²) in [4.78, 5) is 4.95. The number of para-hydroxylation sites is 9. The van der Waals surface area contributed by atoms with E-state index in [1.165, 1.54) is 115 Å². The average Bonchev–Trinajstić information content (AvgIpc) is 1.63. The molecule has 0 amide bonds. The monoisotopic (exact) mass is 1240 g/mol. The van der Waals surface area contributed by atoms with E-state index in [2.05, 4.69) is 378 Å². The van der Waals surface area contributed by atoms with E-state index in [1.54, 1.807) is 0 Å². The Labute approximate surface area is 559 Å². The molecule has 14 aromatic carbocycles. The van der Waals surface area contributed by atoms with Crippen molar-refractivity contribution in [3.05, 3.63) is 357 Å². The van der Waals surface area contributed by atoms with E-state index in [0.29, 0.717) is 0 Å². The van der Waals surface area contributed by atoms with Crippen molar-refractivity contribution in [3.8, 4) is 28.4 Å². The van der Waals surface area contributed by atoms with Crippen LogP contribution in [-0.4, -0.2) is 22.8 Å². The minimum Gasteiger partial charge on any atom is -0.314 e. The standard InChI is InChI=1S/C90H61N7/c1-2-20-60(21-3-1)93-89-56-54-69(91(61-38-46-65(47-39-61)94-81-30-12-4-22-71(81)72-23-5-13-31-82(72)94)62-40-48-66(49-41-62)95-83-32-14-6-24-73(83)74-25-7-15-33-84(74)95)58-79(89)80-59-70(55-57-90(80)93)92(63-42-50-67(51-43-63)96-85-34-16-8-26-75(85)76-27-9-17-35-86(76)96)64-44-52-68(53-45-64)97-87-36-18-10-28-77(87)78-29-11-19-37-88(78)97/h1-54,56,58-59H,55,57H2. The molecule has 0 fully saturated rings. The van der Waals surface area contributed by atoms with Gasteiger partial charge in [-0.2, -0.15) is 0 Å². The first-order valence-corrected chi connectivity index (χ1v) is 33.5. The van der Waals surface area contributed by atoms with Crippen LogP contribution in [0.1, 0.15) is 17.7 Å². The quantitative estimate of drug-likeness (QED) is 0.129. The van der Waals surface area contributed by atoms with Crippen LogP contribution in [0.3, 0.4) is 0 Å². The first-order valence-electron chi connectivity index (χ1n) is 33.5. The van der Waals surface area contributed by atoms with E-state index in [9.17, 15) is 0 Å². The number of hydrogen-bond acceptors (Lipinski definition) is 2. The molecule has 20 rings (SSSR count). The zero-order valence-corrected chi connectivity index (χ0v) is 53.0. The van der Waals surface area contributed by atoms with Crippen LogP contribution >= 0.6 is 0 Å². The van der Waals surface area contributed by atoms with Crippen molar-refractivity contribution in [2.45, 2.75) is 12.8 Å². The van der Waals surface area contributed by atoms with Gasteiger partial charge in [-0.05, 0) is 195 Å². The largest absolute Gasteiger partial charge is 0.314 e. The van der Waals surface area contributed by atoms with E-state index in [-0.39, 0.29) is 0 Å². The Hall–Kier alpha value is -12.8. The summed E-state index contributed by atoms with van der Waals surface area (Å²) in [6.07, 6.45) is 4.14. The van der Waals surface area contributed by atoms with Gasteiger partial charge in [-0.25, -0.2) is 0 Å². The molecule has 0 radical (unpaired) electrons. The molecule has 1 aliphatic rings. The van der Waals surface area contributed by atoms with Gasteiger partial charge in [-0.3, -0.25) is 0 Å². The minimum atomic E-state index is 0.815. The van der Waals surface area contributed by atoms with E-state index in [4.69, 9.17) is 0 Å². The predicted octanol–water partition coefficient (Wildman–Crippen LogP) is 23.6. The minimum absolute atomic E-state index is 0.815. The van der Waals surface area contributed by atoms with Crippen molar-refractivity contribution < 1.29 is 0 Å². The third-order valence-electron chi connectivity index (χ3n) is 20.4. The van der Waals surface area contributed by atoms with Crippen molar-refractivity contribution in [3.63, 3.8) is 0 Å². The maximum Gasteiger partial charge on any atom is 0.0541 e. The highest BCUT2D eigenvalue weighted by atomic mass is 15.2. The molecule has 5 heterocycles. The van der Waals surface area contributed by atoms with E-state index >= 15 is 0 Å². The molecule has 0 unspecified atom stereocenters. The zero-order valence-electron chi connectivity index (χ0n) is 53.0. The maximum atomic E-state index is 2.51. The number of aromatic nitrogens is 5. The summed E-state index contributed by atoms with van der Waals surface area (Å²) in [6, 6.07) is 125. The highest BCUT2D eigenvalue weighted by Gasteiger charge is 2.28. The molecule has 1 aliphatic carbocycles. The molecule has 0 bridgehead atoms. The van der Waals surface area contributed by atoms with Crippen LogP contribution in [-0.2, 0) is 6.42 Å². The molecule has 0 atom stereocenters. The van der Waals surface area contributed by atoms with Crippen LogP contribution in [0, 0.1) is 0 Å². The van der Waals surface area contributed by atoms with Crippen LogP contribution < -0.4 is 9.80 Å². The Bertz CT molecular complexity index is 5830. The van der Waals surface area contributed by atoms with Crippen LogP contribution in [0.25, 0.3) is 133 Å². The summed E-state index contributed by atoms with van der Waals surface area (Å²) >= 11 is 0. The van der Waals surface area contributed by atoms with Gasteiger partial charge in [0, 0.05) is 122 Å². The number of benzene rings is 14. The molecule has 0 aliphatic heterocycles.